The maximum Gasteiger partial charge on any atom is 0.337 e. The number of anilines is 2. The van der Waals surface area contributed by atoms with E-state index in [0.717, 1.165) is 24.3 Å². The summed E-state index contributed by atoms with van der Waals surface area (Å²) in [5.41, 5.74) is 7.26. The molecule has 104 valence electrons. The highest BCUT2D eigenvalue weighted by Gasteiger charge is 2.31. The largest absolute Gasteiger partial charge is 0.478 e. The van der Waals surface area contributed by atoms with Crippen molar-refractivity contribution in [2.45, 2.75) is 25.4 Å². The van der Waals surface area contributed by atoms with Crippen LogP contribution in [0, 0.1) is 0 Å². The molecule has 0 amide bonds. The summed E-state index contributed by atoms with van der Waals surface area (Å²) in [6.07, 6.45) is 3.83. The van der Waals surface area contributed by atoms with Crippen molar-refractivity contribution in [3.63, 3.8) is 0 Å². The summed E-state index contributed by atoms with van der Waals surface area (Å²) >= 11 is 0. The first-order valence-corrected chi connectivity index (χ1v) is 6.57. The summed E-state index contributed by atoms with van der Waals surface area (Å²) in [5.74, 6) is -0.157. The van der Waals surface area contributed by atoms with E-state index in [0.29, 0.717) is 18.3 Å². The molecule has 0 saturated heterocycles. The zero-order valence-electron chi connectivity index (χ0n) is 11.0. The second kappa shape index (κ2) is 4.92. The number of carboxylic acids is 1. The lowest BCUT2D eigenvalue weighted by molar-refractivity contribution is 0.0698. The van der Waals surface area contributed by atoms with E-state index < -0.39 is 5.97 Å². The number of carboxylic acid groups (broad SMARTS) is 1. The molecule has 1 saturated carbocycles. The van der Waals surface area contributed by atoms with E-state index in [1.165, 1.54) is 6.07 Å². The minimum Gasteiger partial charge on any atom is -0.478 e. The Labute approximate surface area is 116 Å². The first-order chi connectivity index (χ1) is 9.66. The zero-order chi connectivity index (χ0) is 14.1. The summed E-state index contributed by atoms with van der Waals surface area (Å²) in [5, 5.41) is 9.17. The van der Waals surface area contributed by atoms with Crippen LogP contribution < -0.4 is 10.6 Å². The third-order valence-corrected chi connectivity index (χ3v) is 3.52. The molecule has 3 rings (SSSR count). The minimum absolute atomic E-state index is 0.146. The Morgan fingerprint density at radius 2 is 2.15 bits per heavy atom. The van der Waals surface area contributed by atoms with Gasteiger partial charge in [0, 0.05) is 6.04 Å². The van der Waals surface area contributed by atoms with Gasteiger partial charge in [-0.25, -0.2) is 4.79 Å². The third kappa shape index (κ3) is 2.34. The summed E-state index contributed by atoms with van der Waals surface area (Å²) in [4.78, 5) is 13.3. The van der Waals surface area contributed by atoms with Gasteiger partial charge in [0.15, 0.2) is 0 Å². The molecule has 2 aromatic rings. The van der Waals surface area contributed by atoms with Gasteiger partial charge >= 0.3 is 5.97 Å². The van der Waals surface area contributed by atoms with Gasteiger partial charge in [-0.15, -0.1) is 0 Å². The molecule has 0 radical (unpaired) electrons. The van der Waals surface area contributed by atoms with E-state index in [-0.39, 0.29) is 5.56 Å². The molecule has 20 heavy (non-hydrogen) atoms. The van der Waals surface area contributed by atoms with Gasteiger partial charge in [-0.3, -0.25) is 0 Å². The molecule has 0 unspecified atom stereocenters. The van der Waals surface area contributed by atoms with Gasteiger partial charge < -0.3 is 20.2 Å². The average molecular weight is 272 g/mol. The monoisotopic (exact) mass is 272 g/mol. The number of benzene rings is 1. The van der Waals surface area contributed by atoms with Crippen molar-refractivity contribution in [3.05, 3.63) is 47.9 Å². The third-order valence-electron chi connectivity index (χ3n) is 3.52. The predicted octanol–water partition coefficient (Wildman–Crippen LogP) is 2.73. The van der Waals surface area contributed by atoms with Crippen molar-refractivity contribution in [1.82, 2.24) is 0 Å². The van der Waals surface area contributed by atoms with Crippen LogP contribution in [0.1, 0.15) is 29.0 Å². The van der Waals surface area contributed by atoms with Gasteiger partial charge in [0.25, 0.3) is 0 Å². The average Bonchev–Trinajstić information content (AvgIpc) is 3.14. The Morgan fingerprint density at radius 3 is 2.75 bits per heavy atom. The first kappa shape index (κ1) is 12.6. The highest BCUT2D eigenvalue weighted by Crippen LogP contribution is 2.37. The molecule has 1 aliphatic carbocycles. The molecule has 1 aliphatic rings. The van der Waals surface area contributed by atoms with Crippen LogP contribution in [0.4, 0.5) is 11.4 Å². The Hall–Kier alpha value is -2.43. The number of hydrogen-bond acceptors (Lipinski definition) is 4. The molecule has 0 aliphatic heterocycles. The normalized spacial score (nSPS) is 14.2. The lowest BCUT2D eigenvalue weighted by Gasteiger charge is -2.25. The van der Waals surface area contributed by atoms with Gasteiger partial charge in [-0.05, 0) is 37.1 Å². The number of nitrogens with zero attached hydrogens (tertiary/aromatic N) is 1. The van der Waals surface area contributed by atoms with Crippen LogP contribution in [0.5, 0.6) is 0 Å². The molecule has 5 nitrogen and oxygen atoms in total. The summed E-state index contributed by atoms with van der Waals surface area (Å²) in [7, 11) is 0. The van der Waals surface area contributed by atoms with Crippen LogP contribution in [0.15, 0.2) is 41.0 Å². The quantitative estimate of drug-likeness (QED) is 0.818. The number of nitrogen functional groups attached to an aromatic ring is 1. The molecule has 5 heteroatoms. The van der Waals surface area contributed by atoms with Crippen molar-refractivity contribution >= 4 is 17.3 Å². The summed E-state index contributed by atoms with van der Waals surface area (Å²) in [6.45, 7) is 0.602. The van der Waals surface area contributed by atoms with Gasteiger partial charge in [-0.1, -0.05) is 6.07 Å². The SMILES string of the molecule is Nc1c(C(=O)O)cccc1N(Cc1ccco1)C1CC1. The van der Waals surface area contributed by atoms with Gasteiger partial charge in [-0.2, -0.15) is 0 Å². The van der Waals surface area contributed by atoms with Crippen molar-refractivity contribution in [2.24, 2.45) is 0 Å². The second-order valence-electron chi connectivity index (χ2n) is 4.98. The van der Waals surface area contributed by atoms with E-state index in [1.807, 2.05) is 18.2 Å². The minimum atomic E-state index is -1.00. The number of carbonyl (C=O) groups is 1. The number of furan rings is 1. The fraction of sp³-hybridized carbons (Fsp3) is 0.267. The first-order valence-electron chi connectivity index (χ1n) is 6.57. The van der Waals surface area contributed by atoms with Gasteiger partial charge in [0.05, 0.1) is 29.7 Å². The van der Waals surface area contributed by atoms with Crippen molar-refractivity contribution in [3.8, 4) is 0 Å². The van der Waals surface area contributed by atoms with E-state index >= 15 is 0 Å². The highest BCUT2D eigenvalue weighted by atomic mass is 16.4. The molecular weight excluding hydrogens is 256 g/mol. The van der Waals surface area contributed by atoms with Crippen LogP contribution in [0.3, 0.4) is 0 Å². The highest BCUT2D eigenvalue weighted by molar-refractivity contribution is 5.97. The van der Waals surface area contributed by atoms with Gasteiger partial charge in [0.1, 0.15) is 5.76 Å². The topological polar surface area (TPSA) is 79.7 Å². The summed E-state index contributed by atoms with van der Waals surface area (Å²) in [6, 6.07) is 9.28. The van der Waals surface area contributed by atoms with E-state index in [1.54, 1.807) is 12.3 Å². The molecule has 1 fully saturated rings. The Balaban J connectivity index is 1.95. The maximum atomic E-state index is 11.2. The van der Waals surface area contributed by atoms with Crippen molar-refractivity contribution in [2.75, 3.05) is 10.6 Å². The number of hydrogen-bond donors (Lipinski definition) is 2. The number of aromatic carboxylic acids is 1. The number of nitrogens with two attached hydrogens (primary N) is 1. The molecule has 3 N–H and O–H groups in total. The van der Waals surface area contributed by atoms with Gasteiger partial charge in [0.2, 0.25) is 0 Å². The molecule has 0 atom stereocenters. The molecule has 0 spiro atoms. The fourth-order valence-corrected chi connectivity index (χ4v) is 2.36. The van der Waals surface area contributed by atoms with E-state index in [4.69, 9.17) is 15.3 Å². The lowest BCUT2D eigenvalue weighted by atomic mass is 10.1. The van der Waals surface area contributed by atoms with Crippen molar-refractivity contribution < 1.29 is 14.3 Å². The Morgan fingerprint density at radius 1 is 1.35 bits per heavy atom. The molecule has 1 aromatic carbocycles. The van der Waals surface area contributed by atoms with E-state index in [9.17, 15) is 4.79 Å². The van der Waals surface area contributed by atoms with Crippen LogP contribution in [-0.2, 0) is 6.54 Å². The van der Waals surface area contributed by atoms with E-state index in [2.05, 4.69) is 4.90 Å². The standard InChI is InChI=1S/C15H16N2O3/c16-14-12(15(18)19)4-1-5-13(14)17(10-6-7-10)9-11-3-2-8-20-11/h1-5,8,10H,6-7,9,16H2,(H,18,19). The van der Waals surface area contributed by atoms with Crippen LogP contribution >= 0.6 is 0 Å². The Bertz CT molecular complexity index is 618. The van der Waals surface area contributed by atoms with Crippen LogP contribution in [0.25, 0.3) is 0 Å². The fourth-order valence-electron chi connectivity index (χ4n) is 2.36. The lowest BCUT2D eigenvalue weighted by Crippen LogP contribution is -2.26. The molecule has 1 heterocycles. The zero-order valence-corrected chi connectivity index (χ0v) is 11.0. The molecule has 1 aromatic heterocycles. The number of para-hydroxylation sites is 1. The molecular formula is C15H16N2O3. The smallest absolute Gasteiger partial charge is 0.337 e. The van der Waals surface area contributed by atoms with Crippen molar-refractivity contribution in [1.29, 1.82) is 0 Å². The van der Waals surface area contributed by atoms with Crippen LogP contribution in [-0.4, -0.2) is 17.1 Å². The number of rotatable bonds is 5. The maximum absolute atomic E-state index is 11.2. The second-order valence-corrected chi connectivity index (χ2v) is 4.98. The Kier molecular flexibility index (Phi) is 3.10. The molecule has 0 bridgehead atoms. The predicted molar refractivity (Wildman–Crippen MR) is 75.7 cm³/mol. The van der Waals surface area contributed by atoms with Crippen LogP contribution in [0.2, 0.25) is 0 Å². The summed E-state index contributed by atoms with van der Waals surface area (Å²) < 4.78 is 5.38.